The molecule has 0 fully saturated rings. The second-order valence-electron chi connectivity index (χ2n) is 3.43. The lowest BCUT2D eigenvalue weighted by molar-refractivity contribution is 0.0413. The fraction of sp³-hybridized carbons (Fsp3) is 0.778. The summed E-state index contributed by atoms with van der Waals surface area (Å²) in [5.41, 5.74) is 0.835. The third kappa shape index (κ3) is 3.37. The van der Waals surface area contributed by atoms with Gasteiger partial charge in [0.15, 0.2) is 0 Å². The fourth-order valence-corrected chi connectivity index (χ4v) is 2.01. The lowest BCUT2D eigenvalue weighted by Crippen LogP contribution is -2.17. The van der Waals surface area contributed by atoms with E-state index < -0.39 is 5.92 Å². The number of rotatable bonds is 0. The summed E-state index contributed by atoms with van der Waals surface area (Å²) in [4.78, 5) is 0. The Morgan fingerprint density at radius 3 is 2.83 bits per heavy atom. The molecule has 0 aromatic rings. The minimum Gasteiger partial charge on any atom is -0.202 e. The van der Waals surface area contributed by atoms with Gasteiger partial charge in [0.25, 0.3) is 5.92 Å². The van der Waals surface area contributed by atoms with E-state index in [0.29, 0.717) is 10.3 Å². The summed E-state index contributed by atoms with van der Waals surface area (Å²) in [6, 6.07) is 0. The highest BCUT2D eigenvalue weighted by Gasteiger charge is 2.28. The third-order valence-corrected chi connectivity index (χ3v) is 3.35. The number of hydrogen-bond donors (Lipinski definition) is 0. The van der Waals surface area contributed by atoms with Crippen LogP contribution in [0.4, 0.5) is 8.78 Å². The van der Waals surface area contributed by atoms with Gasteiger partial charge in [-0.15, -0.1) is 0 Å². The molecule has 0 saturated carbocycles. The van der Waals surface area contributed by atoms with Crippen LogP contribution in [0.2, 0.25) is 0 Å². The number of halogens is 3. The van der Waals surface area contributed by atoms with Crippen LogP contribution in [0.1, 0.15) is 32.6 Å². The molecule has 12 heavy (non-hydrogen) atoms. The summed E-state index contributed by atoms with van der Waals surface area (Å²) >= 11 is 2.26. The van der Waals surface area contributed by atoms with E-state index in [0.717, 1.165) is 24.5 Å². The van der Waals surface area contributed by atoms with Gasteiger partial charge in [0.1, 0.15) is 0 Å². The average Bonchev–Trinajstić information content (AvgIpc) is 1.95. The van der Waals surface area contributed by atoms with Gasteiger partial charge in [0.2, 0.25) is 0 Å². The molecule has 0 saturated heterocycles. The standard InChI is InChI=1S/C9H13F2I/c1-7-2-3-8(12)4-5-9(10,11)6-7/h6,8H,2-5H2,1H3/b7-6+. The molecule has 0 bridgehead atoms. The summed E-state index contributed by atoms with van der Waals surface area (Å²) < 4.78 is 26.4. The van der Waals surface area contributed by atoms with E-state index in [1.165, 1.54) is 0 Å². The Labute approximate surface area is 85.6 Å². The van der Waals surface area contributed by atoms with E-state index in [4.69, 9.17) is 0 Å². The average molecular weight is 286 g/mol. The van der Waals surface area contributed by atoms with E-state index in [2.05, 4.69) is 22.6 Å². The molecule has 0 aliphatic heterocycles. The van der Waals surface area contributed by atoms with Crippen molar-refractivity contribution in [2.24, 2.45) is 0 Å². The van der Waals surface area contributed by atoms with E-state index in [9.17, 15) is 8.78 Å². The van der Waals surface area contributed by atoms with Crippen LogP contribution in [0.15, 0.2) is 11.6 Å². The van der Waals surface area contributed by atoms with Crippen LogP contribution in [0.25, 0.3) is 0 Å². The van der Waals surface area contributed by atoms with Gasteiger partial charge >= 0.3 is 0 Å². The number of hydrogen-bond acceptors (Lipinski definition) is 0. The lowest BCUT2D eigenvalue weighted by Gasteiger charge is -2.19. The molecule has 0 heterocycles. The molecule has 1 aliphatic carbocycles. The van der Waals surface area contributed by atoms with Gasteiger partial charge in [-0.05, 0) is 32.3 Å². The van der Waals surface area contributed by atoms with Crippen LogP contribution in [0, 0.1) is 0 Å². The molecule has 70 valence electrons. The van der Waals surface area contributed by atoms with Crippen molar-refractivity contribution in [3.8, 4) is 0 Å². The summed E-state index contributed by atoms with van der Waals surface area (Å²) in [6.07, 6.45) is 3.65. The fourth-order valence-electron chi connectivity index (χ4n) is 1.38. The molecule has 1 rings (SSSR count). The summed E-state index contributed by atoms with van der Waals surface area (Å²) in [6.45, 7) is 1.79. The molecule has 0 radical (unpaired) electrons. The molecule has 0 aromatic heterocycles. The summed E-state index contributed by atoms with van der Waals surface area (Å²) in [5.74, 6) is -2.56. The Kier molecular flexibility index (Phi) is 3.49. The topological polar surface area (TPSA) is 0 Å². The van der Waals surface area contributed by atoms with E-state index >= 15 is 0 Å². The summed E-state index contributed by atoms with van der Waals surface area (Å²) in [7, 11) is 0. The van der Waals surface area contributed by atoms with Crippen molar-refractivity contribution in [1.82, 2.24) is 0 Å². The van der Waals surface area contributed by atoms with Gasteiger partial charge in [-0.1, -0.05) is 28.2 Å². The molecule has 3 heteroatoms. The van der Waals surface area contributed by atoms with Gasteiger partial charge in [-0.2, -0.15) is 0 Å². The molecular formula is C9H13F2I. The Balaban J connectivity index is 2.68. The second kappa shape index (κ2) is 4.03. The van der Waals surface area contributed by atoms with E-state index in [1.54, 1.807) is 6.92 Å². The van der Waals surface area contributed by atoms with Gasteiger partial charge in [0, 0.05) is 10.3 Å². The van der Waals surface area contributed by atoms with Crippen LogP contribution >= 0.6 is 22.6 Å². The normalized spacial score (nSPS) is 34.7. The number of allylic oxidation sites excluding steroid dienone is 2. The Bertz CT molecular complexity index is 187. The monoisotopic (exact) mass is 286 g/mol. The molecular weight excluding hydrogens is 273 g/mol. The Morgan fingerprint density at radius 2 is 2.17 bits per heavy atom. The van der Waals surface area contributed by atoms with Crippen molar-refractivity contribution < 1.29 is 8.78 Å². The minimum atomic E-state index is -2.56. The van der Waals surface area contributed by atoms with E-state index in [1.807, 2.05) is 0 Å². The SMILES string of the molecule is C/C1=C\C(F)(F)CCC(I)CC1. The van der Waals surface area contributed by atoms with Crippen molar-refractivity contribution in [3.05, 3.63) is 11.6 Å². The zero-order chi connectivity index (χ0) is 9.19. The predicted octanol–water partition coefficient (Wildman–Crippen LogP) is 3.95. The van der Waals surface area contributed by atoms with Gasteiger partial charge in [0.05, 0.1) is 0 Å². The molecule has 0 aromatic carbocycles. The maximum absolute atomic E-state index is 13.0. The number of alkyl halides is 3. The first kappa shape index (κ1) is 10.4. The highest BCUT2D eigenvalue weighted by atomic mass is 127. The van der Waals surface area contributed by atoms with Crippen LogP contribution < -0.4 is 0 Å². The molecule has 0 N–H and O–H groups in total. The molecule has 1 atom stereocenters. The van der Waals surface area contributed by atoms with Crippen LogP contribution in [-0.4, -0.2) is 9.85 Å². The van der Waals surface area contributed by atoms with Crippen molar-refractivity contribution in [2.45, 2.75) is 42.5 Å². The van der Waals surface area contributed by atoms with Gasteiger partial charge in [-0.25, -0.2) is 8.78 Å². The molecule has 0 spiro atoms. The molecule has 1 aliphatic rings. The first-order valence-corrected chi connectivity index (χ1v) is 5.44. The van der Waals surface area contributed by atoms with Crippen LogP contribution in [0.3, 0.4) is 0 Å². The van der Waals surface area contributed by atoms with Crippen molar-refractivity contribution >= 4 is 22.6 Å². The largest absolute Gasteiger partial charge is 0.266 e. The predicted molar refractivity (Wildman–Crippen MR) is 55.0 cm³/mol. The molecule has 0 nitrogen and oxygen atoms in total. The van der Waals surface area contributed by atoms with Crippen LogP contribution in [-0.2, 0) is 0 Å². The Morgan fingerprint density at radius 1 is 1.50 bits per heavy atom. The summed E-state index contributed by atoms with van der Waals surface area (Å²) in [5, 5.41) is 0. The highest BCUT2D eigenvalue weighted by Crippen LogP contribution is 2.31. The highest BCUT2D eigenvalue weighted by molar-refractivity contribution is 14.1. The quantitative estimate of drug-likeness (QED) is 0.359. The van der Waals surface area contributed by atoms with Crippen molar-refractivity contribution in [2.75, 3.05) is 0 Å². The zero-order valence-electron chi connectivity index (χ0n) is 7.12. The molecule has 1 unspecified atom stereocenters. The third-order valence-electron chi connectivity index (χ3n) is 2.10. The zero-order valence-corrected chi connectivity index (χ0v) is 9.27. The maximum Gasteiger partial charge on any atom is 0.266 e. The van der Waals surface area contributed by atoms with Crippen LogP contribution in [0.5, 0.6) is 0 Å². The smallest absolute Gasteiger partial charge is 0.202 e. The van der Waals surface area contributed by atoms with Crippen molar-refractivity contribution in [1.29, 1.82) is 0 Å². The van der Waals surface area contributed by atoms with Gasteiger partial charge < -0.3 is 0 Å². The molecule has 0 amide bonds. The second-order valence-corrected chi connectivity index (χ2v) is 5.19. The maximum atomic E-state index is 13.0. The van der Waals surface area contributed by atoms with Gasteiger partial charge in [-0.3, -0.25) is 0 Å². The van der Waals surface area contributed by atoms with Crippen molar-refractivity contribution in [3.63, 3.8) is 0 Å². The Hall–Kier alpha value is 0.330. The lowest BCUT2D eigenvalue weighted by atomic mass is 9.99. The van der Waals surface area contributed by atoms with E-state index in [-0.39, 0.29) is 6.42 Å². The first-order valence-electron chi connectivity index (χ1n) is 4.20. The minimum absolute atomic E-state index is 0.0119. The first-order chi connectivity index (χ1) is 5.49.